The molecule has 0 amide bonds. The molecule has 1 saturated heterocycles. The average Bonchev–Trinajstić information content (AvgIpc) is 2.02. The first-order valence-corrected chi connectivity index (χ1v) is 4.64. The van der Waals surface area contributed by atoms with Gasteiger partial charge in [-0.25, -0.2) is 0 Å². The Kier molecular flexibility index (Phi) is 2.56. The van der Waals surface area contributed by atoms with Crippen molar-refractivity contribution in [2.45, 2.75) is 18.8 Å². The Morgan fingerprint density at radius 2 is 1.93 bits per heavy atom. The average molecular weight is 217 g/mol. The first-order chi connectivity index (χ1) is 7.06. The molecule has 1 aliphatic rings. The zero-order valence-corrected chi connectivity index (χ0v) is 7.84. The topological polar surface area (TPSA) is 21.3 Å². The van der Waals surface area contributed by atoms with Crippen molar-refractivity contribution in [1.82, 2.24) is 5.32 Å². The van der Waals surface area contributed by atoms with E-state index in [2.05, 4.69) is 10.1 Å². The Hall–Kier alpha value is -1.23. The Balaban J connectivity index is 2.21. The van der Waals surface area contributed by atoms with E-state index >= 15 is 0 Å². The van der Waals surface area contributed by atoms with Crippen molar-refractivity contribution in [3.63, 3.8) is 0 Å². The molecule has 2 nitrogen and oxygen atoms in total. The molecule has 0 aromatic heterocycles. The number of hydrogen-bond acceptors (Lipinski definition) is 2. The SMILES string of the molecule is FC(F)(F)Oc1ccccc1C1CCN1. The van der Waals surface area contributed by atoms with E-state index in [1.807, 2.05) is 0 Å². The summed E-state index contributed by atoms with van der Waals surface area (Å²) in [5, 5.41) is 3.04. The zero-order chi connectivity index (χ0) is 10.9. The molecular weight excluding hydrogens is 207 g/mol. The fourth-order valence-corrected chi connectivity index (χ4v) is 1.54. The number of para-hydroxylation sites is 1. The highest BCUT2D eigenvalue weighted by Gasteiger charge is 2.33. The molecule has 1 aromatic rings. The number of hydrogen-bond donors (Lipinski definition) is 1. The lowest BCUT2D eigenvalue weighted by atomic mass is 9.97. The summed E-state index contributed by atoms with van der Waals surface area (Å²) in [6.45, 7) is 0.838. The highest BCUT2D eigenvalue weighted by Crippen LogP contribution is 2.33. The summed E-state index contributed by atoms with van der Waals surface area (Å²) in [7, 11) is 0. The van der Waals surface area contributed by atoms with Crippen LogP contribution in [0, 0.1) is 0 Å². The smallest absolute Gasteiger partial charge is 0.405 e. The summed E-state index contributed by atoms with van der Waals surface area (Å²) in [5.74, 6) is -0.109. The van der Waals surface area contributed by atoms with E-state index in [-0.39, 0.29) is 11.8 Å². The molecule has 0 aliphatic carbocycles. The fraction of sp³-hybridized carbons (Fsp3) is 0.400. The molecule has 2 rings (SSSR count). The number of halogens is 3. The molecule has 0 spiro atoms. The molecule has 1 N–H and O–H groups in total. The van der Waals surface area contributed by atoms with Gasteiger partial charge in [0.1, 0.15) is 5.75 Å². The zero-order valence-electron chi connectivity index (χ0n) is 7.84. The summed E-state index contributed by atoms with van der Waals surface area (Å²) >= 11 is 0. The van der Waals surface area contributed by atoms with Crippen LogP contribution in [0.5, 0.6) is 5.75 Å². The highest BCUT2D eigenvalue weighted by molar-refractivity contribution is 5.37. The van der Waals surface area contributed by atoms with Crippen LogP contribution in [-0.2, 0) is 0 Å². The molecule has 0 bridgehead atoms. The lowest BCUT2D eigenvalue weighted by Crippen LogP contribution is -2.35. The molecule has 15 heavy (non-hydrogen) atoms. The van der Waals surface area contributed by atoms with Gasteiger partial charge in [-0.1, -0.05) is 18.2 Å². The largest absolute Gasteiger partial charge is 0.573 e. The minimum absolute atomic E-state index is 0.0106. The van der Waals surface area contributed by atoms with Crippen LogP contribution >= 0.6 is 0 Å². The number of rotatable bonds is 2. The molecule has 1 aliphatic heterocycles. The van der Waals surface area contributed by atoms with E-state index in [1.165, 1.54) is 12.1 Å². The predicted octanol–water partition coefficient (Wildman–Crippen LogP) is 2.62. The van der Waals surface area contributed by atoms with Crippen LogP contribution in [0.1, 0.15) is 18.0 Å². The van der Waals surface area contributed by atoms with E-state index in [0.29, 0.717) is 5.56 Å². The van der Waals surface area contributed by atoms with Gasteiger partial charge in [0.25, 0.3) is 0 Å². The second-order valence-corrected chi connectivity index (χ2v) is 3.38. The summed E-state index contributed by atoms with van der Waals surface area (Å²) in [6.07, 6.45) is -3.78. The summed E-state index contributed by atoms with van der Waals surface area (Å²) in [5.41, 5.74) is 0.570. The maximum absolute atomic E-state index is 12.1. The van der Waals surface area contributed by atoms with Gasteiger partial charge in [-0.3, -0.25) is 0 Å². The first-order valence-electron chi connectivity index (χ1n) is 4.64. The maximum atomic E-state index is 12.1. The first kappa shape index (κ1) is 10.3. The quantitative estimate of drug-likeness (QED) is 0.822. The Labute approximate surface area is 85.0 Å². The Bertz CT molecular complexity index is 347. The van der Waals surface area contributed by atoms with Crippen molar-refractivity contribution in [2.24, 2.45) is 0 Å². The number of benzene rings is 1. The molecule has 1 atom stereocenters. The van der Waals surface area contributed by atoms with Crippen molar-refractivity contribution < 1.29 is 17.9 Å². The van der Waals surface area contributed by atoms with Gasteiger partial charge in [0.2, 0.25) is 0 Å². The summed E-state index contributed by atoms with van der Waals surface area (Å²) in [4.78, 5) is 0. The normalized spacial score (nSPS) is 20.9. The van der Waals surface area contributed by atoms with Crippen LogP contribution in [0.15, 0.2) is 24.3 Å². The molecule has 1 heterocycles. The summed E-state index contributed by atoms with van der Waals surface area (Å²) < 4.78 is 40.1. The van der Waals surface area contributed by atoms with Crippen LogP contribution in [0.4, 0.5) is 13.2 Å². The van der Waals surface area contributed by atoms with Gasteiger partial charge < -0.3 is 10.1 Å². The lowest BCUT2D eigenvalue weighted by molar-refractivity contribution is -0.275. The van der Waals surface area contributed by atoms with Crippen molar-refractivity contribution in [3.05, 3.63) is 29.8 Å². The van der Waals surface area contributed by atoms with Crippen LogP contribution in [0.2, 0.25) is 0 Å². The van der Waals surface area contributed by atoms with Gasteiger partial charge in [-0.15, -0.1) is 13.2 Å². The second-order valence-electron chi connectivity index (χ2n) is 3.38. The number of ether oxygens (including phenoxy) is 1. The van der Waals surface area contributed by atoms with Crippen LogP contribution in [0.25, 0.3) is 0 Å². The monoisotopic (exact) mass is 217 g/mol. The maximum Gasteiger partial charge on any atom is 0.573 e. The third-order valence-electron chi connectivity index (χ3n) is 2.34. The number of alkyl halides is 3. The minimum Gasteiger partial charge on any atom is -0.405 e. The summed E-state index contributed by atoms with van der Waals surface area (Å²) in [6, 6.07) is 6.21. The number of nitrogens with one attached hydrogen (secondary N) is 1. The second kappa shape index (κ2) is 3.73. The van der Waals surface area contributed by atoms with Crippen molar-refractivity contribution in [1.29, 1.82) is 0 Å². The van der Waals surface area contributed by atoms with Gasteiger partial charge in [0, 0.05) is 11.6 Å². The molecule has 1 aromatic carbocycles. The molecule has 1 unspecified atom stereocenters. The van der Waals surface area contributed by atoms with Crippen molar-refractivity contribution in [2.75, 3.05) is 6.54 Å². The predicted molar refractivity (Wildman–Crippen MR) is 48.5 cm³/mol. The van der Waals surface area contributed by atoms with E-state index in [1.54, 1.807) is 12.1 Å². The van der Waals surface area contributed by atoms with Gasteiger partial charge in [0.15, 0.2) is 0 Å². The third-order valence-corrected chi connectivity index (χ3v) is 2.34. The molecular formula is C10H10F3NO. The van der Waals surface area contributed by atoms with Crippen LogP contribution in [-0.4, -0.2) is 12.9 Å². The molecule has 1 fully saturated rings. The van der Waals surface area contributed by atoms with Gasteiger partial charge in [-0.2, -0.15) is 0 Å². The van der Waals surface area contributed by atoms with E-state index in [9.17, 15) is 13.2 Å². The highest BCUT2D eigenvalue weighted by atomic mass is 19.4. The molecule has 0 saturated carbocycles. The van der Waals surface area contributed by atoms with Crippen LogP contribution < -0.4 is 10.1 Å². The van der Waals surface area contributed by atoms with Gasteiger partial charge in [0.05, 0.1) is 0 Å². The van der Waals surface area contributed by atoms with Crippen molar-refractivity contribution in [3.8, 4) is 5.75 Å². The Morgan fingerprint density at radius 1 is 1.27 bits per heavy atom. The standard InChI is InChI=1S/C10H10F3NO/c11-10(12,13)15-9-4-2-1-3-7(9)8-5-6-14-8/h1-4,8,14H,5-6H2. The molecule has 5 heteroatoms. The van der Waals surface area contributed by atoms with E-state index < -0.39 is 6.36 Å². The van der Waals surface area contributed by atoms with Gasteiger partial charge >= 0.3 is 6.36 Å². The van der Waals surface area contributed by atoms with Crippen molar-refractivity contribution >= 4 is 0 Å². The Morgan fingerprint density at radius 3 is 2.47 bits per heavy atom. The van der Waals surface area contributed by atoms with E-state index in [0.717, 1.165) is 13.0 Å². The van der Waals surface area contributed by atoms with Crippen LogP contribution in [0.3, 0.4) is 0 Å². The molecule has 82 valence electrons. The van der Waals surface area contributed by atoms with Gasteiger partial charge in [-0.05, 0) is 19.0 Å². The fourth-order valence-electron chi connectivity index (χ4n) is 1.54. The lowest BCUT2D eigenvalue weighted by Gasteiger charge is -2.29. The molecule has 0 radical (unpaired) electrons. The third kappa shape index (κ3) is 2.41. The van der Waals surface area contributed by atoms with E-state index in [4.69, 9.17) is 0 Å². The minimum atomic E-state index is -4.63.